The summed E-state index contributed by atoms with van der Waals surface area (Å²) in [5.74, 6) is -2.74. The molecule has 33 heavy (non-hydrogen) atoms. The molecule has 0 atom stereocenters. The number of carbonyl (C=O) groups excluding carboxylic acids is 5. The number of amides is 4. The van der Waals surface area contributed by atoms with Gasteiger partial charge in [-0.3, -0.25) is 28.9 Å². The predicted octanol–water partition coefficient (Wildman–Crippen LogP) is 2.56. The third-order valence-electron chi connectivity index (χ3n) is 5.17. The summed E-state index contributed by atoms with van der Waals surface area (Å²) in [6.07, 6.45) is 0.106. The average Bonchev–Trinajstić information content (AvgIpc) is 3.26. The highest BCUT2D eigenvalue weighted by Gasteiger charge is 2.32. The minimum Gasteiger partial charge on any atom is -0.456 e. The van der Waals surface area contributed by atoms with E-state index < -0.39 is 36.2 Å². The van der Waals surface area contributed by atoms with Gasteiger partial charge in [0.25, 0.3) is 23.6 Å². The minimum absolute atomic E-state index is 0.0425. The summed E-state index contributed by atoms with van der Waals surface area (Å²) in [7, 11) is 0. The van der Waals surface area contributed by atoms with Gasteiger partial charge in [0.2, 0.25) is 0 Å². The molecule has 1 aliphatic heterocycles. The molecule has 0 saturated carbocycles. The number of primary amides is 1. The Morgan fingerprint density at radius 2 is 1.67 bits per heavy atom. The SMILES string of the molecule is NC(=O)c1ccsc1NC(=O)COC(=O)CCCN1C(=O)c2cccc3cccc(c23)C1=O. The molecule has 9 nitrogen and oxygen atoms in total. The van der Waals surface area contributed by atoms with Crippen molar-refractivity contribution in [2.24, 2.45) is 5.73 Å². The van der Waals surface area contributed by atoms with Crippen molar-refractivity contribution in [1.29, 1.82) is 0 Å². The van der Waals surface area contributed by atoms with E-state index in [2.05, 4.69) is 5.32 Å². The molecule has 0 unspecified atom stereocenters. The van der Waals surface area contributed by atoms with Gasteiger partial charge in [0.05, 0.1) is 5.56 Å². The Morgan fingerprint density at radius 1 is 1.00 bits per heavy atom. The van der Waals surface area contributed by atoms with Gasteiger partial charge in [-0.25, -0.2) is 0 Å². The summed E-state index contributed by atoms with van der Waals surface area (Å²) >= 11 is 1.12. The molecule has 0 aliphatic carbocycles. The van der Waals surface area contributed by atoms with E-state index in [9.17, 15) is 24.0 Å². The number of benzene rings is 2. The van der Waals surface area contributed by atoms with Crippen LogP contribution in [0.4, 0.5) is 5.00 Å². The Hall–Kier alpha value is -4.05. The Bertz CT molecular complexity index is 1250. The Labute approximate surface area is 192 Å². The van der Waals surface area contributed by atoms with Crippen LogP contribution in [0.15, 0.2) is 47.8 Å². The molecule has 10 heteroatoms. The lowest BCUT2D eigenvalue weighted by molar-refractivity contribution is -0.147. The first-order chi connectivity index (χ1) is 15.9. The molecule has 4 amide bonds. The minimum atomic E-state index is -0.677. The average molecular weight is 465 g/mol. The zero-order chi connectivity index (χ0) is 23.5. The lowest BCUT2D eigenvalue weighted by Crippen LogP contribution is -2.41. The summed E-state index contributed by atoms with van der Waals surface area (Å²) in [5, 5.41) is 5.81. The van der Waals surface area contributed by atoms with Crippen molar-refractivity contribution in [3.8, 4) is 0 Å². The van der Waals surface area contributed by atoms with Crippen LogP contribution in [0.5, 0.6) is 0 Å². The maximum Gasteiger partial charge on any atom is 0.306 e. The molecule has 4 rings (SSSR count). The predicted molar refractivity (Wildman–Crippen MR) is 121 cm³/mol. The van der Waals surface area contributed by atoms with Crippen molar-refractivity contribution in [3.05, 3.63) is 64.5 Å². The van der Waals surface area contributed by atoms with E-state index in [-0.39, 0.29) is 30.0 Å². The monoisotopic (exact) mass is 465 g/mol. The van der Waals surface area contributed by atoms with Crippen molar-refractivity contribution < 1.29 is 28.7 Å². The topological polar surface area (TPSA) is 136 Å². The van der Waals surface area contributed by atoms with Gasteiger partial charge < -0.3 is 15.8 Å². The number of nitrogens with zero attached hydrogens (tertiary/aromatic N) is 1. The molecule has 3 N–H and O–H groups in total. The highest BCUT2D eigenvalue weighted by Crippen LogP contribution is 2.30. The molecule has 0 fully saturated rings. The van der Waals surface area contributed by atoms with Crippen LogP contribution >= 0.6 is 11.3 Å². The molecular formula is C23H19N3O6S. The smallest absolute Gasteiger partial charge is 0.306 e. The summed E-state index contributed by atoms with van der Waals surface area (Å²) < 4.78 is 4.95. The van der Waals surface area contributed by atoms with E-state index in [4.69, 9.17) is 10.5 Å². The largest absolute Gasteiger partial charge is 0.456 e. The molecule has 168 valence electrons. The van der Waals surface area contributed by atoms with Gasteiger partial charge in [0.15, 0.2) is 6.61 Å². The van der Waals surface area contributed by atoms with Crippen LogP contribution in [0.25, 0.3) is 10.8 Å². The molecule has 2 aromatic carbocycles. The second kappa shape index (κ2) is 9.21. The molecule has 2 heterocycles. The highest BCUT2D eigenvalue weighted by molar-refractivity contribution is 7.14. The first kappa shape index (κ1) is 22.2. The van der Waals surface area contributed by atoms with Gasteiger partial charge in [-0.05, 0) is 35.4 Å². The van der Waals surface area contributed by atoms with Crippen molar-refractivity contribution in [2.75, 3.05) is 18.5 Å². The summed E-state index contributed by atoms with van der Waals surface area (Å²) in [6.45, 7) is -0.493. The quantitative estimate of drug-likeness (QED) is 0.388. The normalized spacial score (nSPS) is 12.7. The van der Waals surface area contributed by atoms with Crippen LogP contribution in [0.2, 0.25) is 0 Å². The maximum atomic E-state index is 12.8. The van der Waals surface area contributed by atoms with Crippen molar-refractivity contribution in [1.82, 2.24) is 4.90 Å². The first-order valence-corrected chi connectivity index (χ1v) is 11.0. The standard InChI is InChI=1S/C23H19N3O6S/c24-20(29)16-9-11-33-21(16)25-17(27)12-32-18(28)8-3-10-26-22(30)14-6-1-4-13-5-2-7-15(19(13)14)23(26)31/h1-2,4-7,9,11H,3,8,10,12H2,(H2,24,29)(H,25,27). The number of rotatable bonds is 8. The fourth-order valence-corrected chi connectivity index (χ4v) is 4.45. The molecule has 1 aliphatic rings. The number of imide groups is 1. The third kappa shape index (κ3) is 4.46. The Morgan fingerprint density at radius 3 is 2.30 bits per heavy atom. The zero-order valence-corrected chi connectivity index (χ0v) is 18.1. The number of hydrogen-bond donors (Lipinski definition) is 2. The van der Waals surface area contributed by atoms with Crippen LogP contribution in [-0.4, -0.2) is 47.6 Å². The van der Waals surface area contributed by atoms with Crippen molar-refractivity contribution >= 4 is 56.7 Å². The fraction of sp³-hybridized carbons (Fsp3) is 0.174. The number of ether oxygens (including phenoxy) is 1. The second-order valence-corrected chi connectivity index (χ2v) is 8.23. The van der Waals surface area contributed by atoms with E-state index in [1.165, 1.54) is 6.07 Å². The van der Waals surface area contributed by atoms with E-state index in [0.717, 1.165) is 21.6 Å². The Kier molecular flexibility index (Phi) is 6.18. The summed E-state index contributed by atoms with van der Waals surface area (Å²) in [5.41, 5.74) is 6.29. The van der Waals surface area contributed by atoms with Gasteiger partial charge >= 0.3 is 5.97 Å². The first-order valence-electron chi connectivity index (χ1n) is 10.1. The lowest BCUT2D eigenvalue weighted by Gasteiger charge is -2.27. The van der Waals surface area contributed by atoms with E-state index >= 15 is 0 Å². The number of thiophene rings is 1. The van der Waals surface area contributed by atoms with Crippen LogP contribution in [0.3, 0.4) is 0 Å². The van der Waals surface area contributed by atoms with Gasteiger partial charge in [0.1, 0.15) is 5.00 Å². The van der Waals surface area contributed by atoms with Crippen LogP contribution in [0, 0.1) is 0 Å². The fourth-order valence-electron chi connectivity index (χ4n) is 3.65. The summed E-state index contributed by atoms with van der Waals surface area (Å²) in [6, 6.07) is 12.1. The van der Waals surface area contributed by atoms with E-state index in [1.807, 2.05) is 12.1 Å². The van der Waals surface area contributed by atoms with E-state index in [0.29, 0.717) is 16.5 Å². The molecular weight excluding hydrogens is 446 g/mol. The van der Waals surface area contributed by atoms with Crippen LogP contribution in [-0.2, 0) is 14.3 Å². The van der Waals surface area contributed by atoms with Crippen LogP contribution in [0.1, 0.15) is 43.9 Å². The summed E-state index contributed by atoms with van der Waals surface area (Å²) in [4.78, 5) is 62.1. The number of nitrogens with one attached hydrogen (secondary N) is 1. The molecule has 1 aromatic heterocycles. The number of anilines is 1. The van der Waals surface area contributed by atoms with E-state index in [1.54, 1.807) is 29.6 Å². The van der Waals surface area contributed by atoms with Crippen LogP contribution < -0.4 is 11.1 Å². The number of carbonyl (C=O) groups is 5. The zero-order valence-electron chi connectivity index (χ0n) is 17.3. The second-order valence-electron chi connectivity index (χ2n) is 7.31. The molecule has 0 spiro atoms. The third-order valence-corrected chi connectivity index (χ3v) is 6.00. The molecule has 0 radical (unpaired) electrons. The van der Waals surface area contributed by atoms with Gasteiger partial charge in [-0.2, -0.15) is 0 Å². The number of hydrogen-bond acceptors (Lipinski definition) is 7. The molecule has 0 saturated heterocycles. The highest BCUT2D eigenvalue weighted by atomic mass is 32.1. The van der Waals surface area contributed by atoms with Gasteiger partial charge in [-0.15, -0.1) is 11.3 Å². The molecule has 3 aromatic rings. The maximum absolute atomic E-state index is 12.8. The number of nitrogens with two attached hydrogens (primary N) is 1. The van der Waals surface area contributed by atoms with Crippen molar-refractivity contribution in [2.45, 2.75) is 12.8 Å². The Balaban J connectivity index is 1.29. The number of esters is 1. The van der Waals surface area contributed by atoms with Gasteiger partial charge in [0, 0.05) is 29.5 Å². The van der Waals surface area contributed by atoms with Gasteiger partial charge in [-0.1, -0.05) is 24.3 Å². The molecule has 0 bridgehead atoms. The lowest BCUT2D eigenvalue weighted by atomic mass is 9.94. The van der Waals surface area contributed by atoms with Crippen molar-refractivity contribution in [3.63, 3.8) is 0 Å².